The summed E-state index contributed by atoms with van der Waals surface area (Å²) >= 11 is 0. The van der Waals surface area contributed by atoms with Gasteiger partial charge in [-0.05, 0) is 37.6 Å². The Kier molecular flexibility index (Phi) is 8.21. The Morgan fingerprint density at radius 3 is 2.41 bits per heavy atom. The van der Waals surface area contributed by atoms with Crippen molar-refractivity contribution in [2.75, 3.05) is 38.0 Å². The number of hydrogen-bond donors (Lipinski definition) is 3. The number of aromatic carboxylic acids is 1. The molecule has 0 aliphatic carbocycles. The highest BCUT2D eigenvalue weighted by atomic mass is 16.4. The predicted octanol–water partition coefficient (Wildman–Crippen LogP) is 2.50. The lowest BCUT2D eigenvalue weighted by atomic mass is 10.2. The van der Waals surface area contributed by atoms with Gasteiger partial charge in [-0.25, -0.2) is 9.79 Å². The molecule has 0 bridgehead atoms. The lowest BCUT2D eigenvalue weighted by Gasteiger charge is -2.36. The lowest BCUT2D eigenvalue weighted by Crippen LogP contribution is -2.53. The number of piperazine rings is 1. The maximum Gasteiger partial charge on any atom is 0.335 e. The minimum atomic E-state index is -0.968. The standard InChI is InChI=1S/C24H31N5O3/c1-18(2)26-22(30)17-28-11-13-29(14-12-28)24(25-16-19-7-4-3-5-8-19)27-21-10-6-9-20(15-21)23(31)32/h3-10,15,18H,11-14,16-17H2,1-2H3,(H,25,27)(H,26,30)(H,31,32). The molecule has 0 spiro atoms. The number of carbonyl (C=O) groups excluding carboxylic acids is 1. The second-order valence-corrected chi connectivity index (χ2v) is 8.12. The molecule has 0 unspecified atom stereocenters. The molecule has 1 amide bonds. The summed E-state index contributed by atoms with van der Waals surface area (Å²) in [7, 11) is 0. The van der Waals surface area contributed by atoms with Gasteiger partial charge < -0.3 is 20.6 Å². The summed E-state index contributed by atoms with van der Waals surface area (Å²) in [6.07, 6.45) is 0. The van der Waals surface area contributed by atoms with Crippen molar-refractivity contribution in [2.45, 2.75) is 26.4 Å². The molecule has 2 aromatic carbocycles. The van der Waals surface area contributed by atoms with Gasteiger partial charge >= 0.3 is 5.97 Å². The first-order chi connectivity index (χ1) is 15.4. The highest BCUT2D eigenvalue weighted by molar-refractivity contribution is 5.95. The van der Waals surface area contributed by atoms with Crippen LogP contribution in [0.15, 0.2) is 59.6 Å². The summed E-state index contributed by atoms with van der Waals surface area (Å²) in [6, 6.07) is 16.8. The number of hydrogen-bond acceptors (Lipinski definition) is 4. The second kappa shape index (κ2) is 11.3. The molecule has 2 aromatic rings. The van der Waals surface area contributed by atoms with Crippen LogP contribution in [0.2, 0.25) is 0 Å². The maximum atomic E-state index is 12.1. The zero-order chi connectivity index (χ0) is 22.9. The van der Waals surface area contributed by atoms with Crippen molar-refractivity contribution >= 4 is 23.5 Å². The van der Waals surface area contributed by atoms with Crippen molar-refractivity contribution in [3.63, 3.8) is 0 Å². The fraction of sp³-hybridized carbons (Fsp3) is 0.375. The third kappa shape index (κ3) is 7.09. The molecule has 0 atom stereocenters. The molecule has 1 saturated heterocycles. The van der Waals surface area contributed by atoms with Crippen LogP contribution in [-0.4, -0.2) is 71.5 Å². The van der Waals surface area contributed by atoms with E-state index in [1.165, 1.54) is 0 Å². The van der Waals surface area contributed by atoms with E-state index < -0.39 is 5.97 Å². The van der Waals surface area contributed by atoms with Crippen LogP contribution in [0.5, 0.6) is 0 Å². The van der Waals surface area contributed by atoms with Crippen molar-refractivity contribution in [1.29, 1.82) is 0 Å². The van der Waals surface area contributed by atoms with Crippen molar-refractivity contribution in [3.8, 4) is 0 Å². The zero-order valence-electron chi connectivity index (χ0n) is 18.6. The number of anilines is 1. The third-order valence-electron chi connectivity index (χ3n) is 5.11. The highest BCUT2D eigenvalue weighted by Crippen LogP contribution is 2.14. The van der Waals surface area contributed by atoms with Crippen LogP contribution < -0.4 is 10.6 Å². The number of guanidine groups is 1. The Hall–Kier alpha value is -3.39. The van der Waals surface area contributed by atoms with E-state index in [1.807, 2.05) is 50.2 Å². The number of benzene rings is 2. The van der Waals surface area contributed by atoms with Gasteiger partial charge in [0.2, 0.25) is 5.91 Å². The molecule has 1 aliphatic heterocycles. The number of carboxylic acid groups (broad SMARTS) is 1. The Labute approximate surface area is 188 Å². The zero-order valence-corrected chi connectivity index (χ0v) is 18.6. The van der Waals surface area contributed by atoms with E-state index in [4.69, 9.17) is 4.99 Å². The molecular weight excluding hydrogens is 406 g/mol. The SMILES string of the molecule is CC(C)NC(=O)CN1CCN(C(=NCc2ccccc2)Nc2cccc(C(=O)O)c2)CC1. The van der Waals surface area contributed by atoms with Crippen molar-refractivity contribution in [1.82, 2.24) is 15.1 Å². The van der Waals surface area contributed by atoms with Crippen molar-refractivity contribution in [3.05, 3.63) is 65.7 Å². The Morgan fingerprint density at radius 1 is 1.03 bits per heavy atom. The maximum absolute atomic E-state index is 12.1. The molecular formula is C24H31N5O3. The Morgan fingerprint density at radius 2 is 1.75 bits per heavy atom. The number of nitrogens with zero attached hydrogens (tertiary/aromatic N) is 3. The number of amides is 1. The van der Waals surface area contributed by atoms with Crippen LogP contribution in [0.1, 0.15) is 29.8 Å². The lowest BCUT2D eigenvalue weighted by molar-refractivity contribution is -0.123. The average Bonchev–Trinajstić information content (AvgIpc) is 2.77. The Balaban J connectivity index is 1.69. The van der Waals surface area contributed by atoms with E-state index in [9.17, 15) is 14.7 Å². The molecule has 32 heavy (non-hydrogen) atoms. The highest BCUT2D eigenvalue weighted by Gasteiger charge is 2.22. The van der Waals surface area contributed by atoms with Crippen LogP contribution in [0, 0.1) is 0 Å². The molecule has 0 radical (unpaired) electrons. The number of aliphatic imine (C=N–C) groups is 1. The van der Waals surface area contributed by atoms with Crippen LogP contribution >= 0.6 is 0 Å². The fourth-order valence-electron chi connectivity index (χ4n) is 3.52. The molecule has 3 rings (SSSR count). The van der Waals surface area contributed by atoms with Crippen LogP contribution in [0.3, 0.4) is 0 Å². The van der Waals surface area contributed by atoms with Gasteiger partial charge in [-0.2, -0.15) is 0 Å². The molecule has 1 fully saturated rings. The van der Waals surface area contributed by atoms with E-state index in [-0.39, 0.29) is 17.5 Å². The molecule has 8 nitrogen and oxygen atoms in total. The molecule has 1 aliphatic rings. The third-order valence-corrected chi connectivity index (χ3v) is 5.11. The number of carboxylic acids is 1. The minimum absolute atomic E-state index is 0.0371. The van der Waals surface area contributed by atoms with Gasteiger partial charge in [-0.1, -0.05) is 36.4 Å². The van der Waals surface area contributed by atoms with E-state index >= 15 is 0 Å². The van der Waals surface area contributed by atoms with Gasteiger partial charge in [0.25, 0.3) is 0 Å². The summed E-state index contributed by atoms with van der Waals surface area (Å²) in [6.45, 7) is 7.73. The molecule has 1 heterocycles. The van der Waals surface area contributed by atoms with E-state index in [0.29, 0.717) is 37.8 Å². The fourth-order valence-corrected chi connectivity index (χ4v) is 3.52. The first-order valence-electron chi connectivity index (χ1n) is 10.9. The van der Waals surface area contributed by atoms with E-state index in [1.54, 1.807) is 18.2 Å². The van der Waals surface area contributed by atoms with E-state index in [2.05, 4.69) is 20.4 Å². The van der Waals surface area contributed by atoms with E-state index in [0.717, 1.165) is 18.7 Å². The molecule has 0 aromatic heterocycles. The van der Waals surface area contributed by atoms with Crippen molar-refractivity contribution < 1.29 is 14.7 Å². The van der Waals surface area contributed by atoms with Gasteiger partial charge in [0, 0.05) is 37.9 Å². The number of nitrogens with one attached hydrogen (secondary N) is 2. The molecule has 170 valence electrons. The number of carbonyl (C=O) groups is 2. The summed E-state index contributed by atoms with van der Waals surface area (Å²) in [5.74, 6) is -0.234. The molecule has 3 N–H and O–H groups in total. The van der Waals surface area contributed by atoms with Crippen LogP contribution in [0.4, 0.5) is 5.69 Å². The van der Waals surface area contributed by atoms with Gasteiger partial charge in [-0.15, -0.1) is 0 Å². The summed E-state index contributed by atoms with van der Waals surface area (Å²) in [5, 5.41) is 15.5. The minimum Gasteiger partial charge on any atom is -0.478 e. The topological polar surface area (TPSA) is 97.3 Å². The van der Waals surface area contributed by atoms with Crippen LogP contribution in [0.25, 0.3) is 0 Å². The first-order valence-corrected chi connectivity index (χ1v) is 10.9. The van der Waals surface area contributed by atoms with Gasteiger partial charge in [0.15, 0.2) is 5.96 Å². The quantitative estimate of drug-likeness (QED) is 0.455. The van der Waals surface area contributed by atoms with Gasteiger partial charge in [0.1, 0.15) is 0 Å². The second-order valence-electron chi connectivity index (χ2n) is 8.12. The normalized spacial score (nSPS) is 15.0. The Bertz CT molecular complexity index is 938. The predicted molar refractivity (Wildman–Crippen MR) is 126 cm³/mol. The summed E-state index contributed by atoms with van der Waals surface area (Å²) < 4.78 is 0. The molecule has 8 heteroatoms. The van der Waals surface area contributed by atoms with Gasteiger partial charge in [-0.3, -0.25) is 9.69 Å². The van der Waals surface area contributed by atoms with Gasteiger partial charge in [0.05, 0.1) is 18.7 Å². The summed E-state index contributed by atoms with van der Waals surface area (Å²) in [5.41, 5.74) is 1.99. The smallest absolute Gasteiger partial charge is 0.335 e. The molecule has 0 saturated carbocycles. The average molecular weight is 438 g/mol. The van der Waals surface area contributed by atoms with Crippen LogP contribution in [-0.2, 0) is 11.3 Å². The summed E-state index contributed by atoms with van der Waals surface area (Å²) in [4.78, 5) is 32.5. The first kappa shape index (κ1) is 23.3. The monoisotopic (exact) mass is 437 g/mol. The van der Waals surface area contributed by atoms with Crippen molar-refractivity contribution in [2.24, 2.45) is 4.99 Å². The number of rotatable bonds is 7. The largest absolute Gasteiger partial charge is 0.478 e.